The van der Waals surface area contributed by atoms with Crippen LogP contribution in [0.3, 0.4) is 0 Å². The van der Waals surface area contributed by atoms with Gasteiger partial charge in [0.2, 0.25) is 5.91 Å². The molecule has 1 aromatic carbocycles. The van der Waals surface area contributed by atoms with E-state index in [1.165, 1.54) is 5.56 Å². The van der Waals surface area contributed by atoms with Gasteiger partial charge in [0.15, 0.2) is 5.13 Å². The van der Waals surface area contributed by atoms with Gasteiger partial charge in [-0.3, -0.25) is 4.79 Å². The molecular formula is C18H25N3O2S. The molecule has 1 aliphatic heterocycles. The molecule has 0 radical (unpaired) electrons. The lowest BCUT2D eigenvalue weighted by molar-refractivity contribution is -0.125. The van der Waals surface area contributed by atoms with E-state index < -0.39 is 0 Å². The second-order valence-electron chi connectivity index (χ2n) is 7.43. The molecule has 0 spiro atoms. The van der Waals surface area contributed by atoms with Crippen molar-refractivity contribution < 1.29 is 9.53 Å². The Morgan fingerprint density at radius 1 is 1.42 bits per heavy atom. The fourth-order valence-corrected chi connectivity index (χ4v) is 4.10. The van der Waals surface area contributed by atoms with Crippen LogP contribution in [0.5, 0.6) is 5.75 Å². The maximum absolute atomic E-state index is 12.4. The lowest BCUT2D eigenvalue weighted by Crippen LogP contribution is -2.44. The third-order valence-corrected chi connectivity index (χ3v) is 5.49. The normalized spacial score (nSPS) is 18.2. The molecule has 0 aliphatic carbocycles. The van der Waals surface area contributed by atoms with E-state index in [4.69, 9.17) is 9.72 Å². The third-order valence-electron chi connectivity index (χ3n) is 4.24. The summed E-state index contributed by atoms with van der Waals surface area (Å²) < 4.78 is 6.59. The minimum absolute atomic E-state index is 0.0271. The summed E-state index contributed by atoms with van der Waals surface area (Å²) in [4.78, 5) is 19.4. The molecule has 0 bridgehead atoms. The lowest BCUT2D eigenvalue weighted by atomic mass is 10.0. The van der Waals surface area contributed by atoms with Gasteiger partial charge in [0.1, 0.15) is 11.3 Å². The van der Waals surface area contributed by atoms with Crippen molar-refractivity contribution in [3.63, 3.8) is 0 Å². The number of nitrogens with zero attached hydrogens (tertiary/aromatic N) is 2. The largest absolute Gasteiger partial charge is 0.494 e. The Morgan fingerprint density at radius 2 is 2.17 bits per heavy atom. The van der Waals surface area contributed by atoms with Crippen molar-refractivity contribution in [2.45, 2.75) is 39.7 Å². The molecule has 3 rings (SSSR count). The van der Waals surface area contributed by atoms with E-state index in [1.54, 1.807) is 18.4 Å². The summed E-state index contributed by atoms with van der Waals surface area (Å²) in [7, 11) is 1.67. The van der Waals surface area contributed by atoms with Crippen LogP contribution in [-0.2, 0) is 4.79 Å². The predicted octanol–water partition coefficient (Wildman–Crippen LogP) is 3.35. The number of thiazole rings is 1. The van der Waals surface area contributed by atoms with Gasteiger partial charge in [-0.2, -0.15) is 0 Å². The number of fused-ring (bicyclic) bond motifs is 1. The second kappa shape index (κ2) is 6.24. The molecule has 6 heteroatoms. The molecular weight excluding hydrogens is 322 g/mol. The van der Waals surface area contributed by atoms with Crippen molar-refractivity contribution in [3.8, 4) is 5.75 Å². The lowest BCUT2D eigenvalue weighted by Gasteiger charge is -2.23. The molecule has 130 valence electrons. The van der Waals surface area contributed by atoms with Crippen molar-refractivity contribution in [3.05, 3.63) is 17.7 Å². The van der Waals surface area contributed by atoms with Gasteiger partial charge in [-0.25, -0.2) is 4.98 Å². The number of aromatic nitrogens is 1. The Bertz CT molecular complexity index is 763. The average Bonchev–Trinajstić information content (AvgIpc) is 3.13. The number of rotatable bonds is 3. The third kappa shape index (κ3) is 3.34. The highest BCUT2D eigenvalue weighted by molar-refractivity contribution is 7.22. The zero-order valence-corrected chi connectivity index (χ0v) is 15.8. The number of methoxy groups -OCH3 is 1. The van der Waals surface area contributed by atoms with Crippen LogP contribution in [0.1, 0.15) is 32.8 Å². The van der Waals surface area contributed by atoms with Crippen LogP contribution in [0, 0.1) is 12.8 Å². The fraction of sp³-hybridized carbons (Fsp3) is 0.556. The van der Waals surface area contributed by atoms with Gasteiger partial charge >= 0.3 is 0 Å². The van der Waals surface area contributed by atoms with E-state index in [-0.39, 0.29) is 17.4 Å². The Labute approximate surface area is 147 Å². The topological polar surface area (TPSA) is 54.5 Å². The number of hydrogen-bond acceptors (Lipinski definition) is 5. The highest BCUT2D eigenvalue weighted by Crippen LogP contribution is 2.37. The molecule has 1 aromatic heterocycles. The van der Waals surface area contributed by atoms with Crippen LogP contribution in [0.2, 0.25) is 0 Å². The van der Waals surface area contributed by atoms with Gasteiger partial charge in [0.25, 0.3) is 0 Å². The summed E-state index contributed by atoms with van der Waals surface area (Å²) in [6.45, 7) is 9.72. The standard InChI is InChI=1S/C18H25N3O2S/c1-11-6-7-13(23-5)14-15(11)24-17(19-14)21-9-8-12(10-21)16(22)20-18(2,3)4/h6-7,12H,8-10H2,1-5H3,(H,20,22). The summed E-state index contributed by atoms with van der Waals surface area (Å²) >= 11 is 1.68. The van der Waals surface area contributed by atoms with E-state index in [0.717, 1.165) is 40.6 Å². The predicted molar refractivity (Wildman–Crippen MR) is 99.1 cm³/mol. The Morgan fingerprint density at radius 3 is 2.83 bits per heavy atom. The molecule has 1 aliphatic rings. The number of ether oxygens (including phenoxy) is 1. The first-order chi connectivity index (χ1) is 11.3. The highest BCUT2D eigenvalue weighted by atomic mass is 32.1. The van der Waals surface area contributed by atoms with Crippen LogP contribution < -0.4 is 15.0 Å². The van der Waals surface area contributed by atoms with Gasteiger partial charge in [-0.15, -0.1) is 0 Å². The van der Waals surface area contributed by atoms with E-state index >= 15 is 0 Å². The zero-order valence-electron chi connectivity index (χ0n) is 15.0. The molecule has 1 atom stereocenters. The van der Waals surface area contributed by atoms with Crippen molar-refractivity contribution in [1.29, 1.82) is 0 Å². The quantitative estimate of drug-likeness (QED) is 0.925. The van der Waals surface area contributed by atoms with Crippen LogP contribution in [0.25, 0.3) is 10.2 Å². The van der Waals surface area contributed by atoms with Crippen LogP contribution >= 0.6 is 11.3 Å². The molecule has 2 heterocycles. The summed E-state index contributed by atoms with van der Waals surface area (Å²) in [6.07, 6.45) is 0.869. The van der Waals surface area contributed by atoms with E-state index in [9.17, 15) is 4.79 Å². The maximum atomic E-state index is 12.4. The molecule has 1 unspecified atom stereocenters. The molecule has 2 aromatic rings. The molecule has 1 amide bonds. The number of anilines is 1. The number of nitrogens with one attached hydrogen (secondary N) is 1. The summed E-state index contributed by atoms with van der Waals surface area (Å²) in [5, 5.41) is 4.06. The first kappa shape index (κ1) is 17.0. The zero-order chi connectivity index (χ0) is 17.5. The number of hydrogen-bond donors (Lipinski definition) is 1. The maximum Gasteiger partial charge on any atom is 0.225 e. The van der Waals surface area contributed by atoms with Gasteiger partial charge in [0, 0.05) is 18.6 Å². The summed E-state index contributed by atoms with van der Waals surface area (Å²) in [6, 6.07) is 4.03. The van der Waals surface area contributed by atoms with E-state index in [0.29, 0.717) is 0 Å². The number of benzene rings is 1. The first-order valence-corrected chi connectivity index (χ1v) is 9.11. The van der Waals surface area contributed by atoms with Gasteiger partial charge < -0.3 is 15.0 Å². The van der Waals surface area contributed by atoms with Gasteiger partial charge in [0.05, 0.1) is 17.7 Å². The summed E-state index contributed by atoms with van der Waals surface area (Å²) in [5.74, 6) is 0.971. The summed E-state index contributed by atoms with van der Waals surface area (Å²) in [5.41, 5.74) is 1.93. The molecule has 1 fully saturated rings. The number of aryl methyl sites for hydroxylation is 1. The van der Waals surface area contributed by atoms with Gasteiger partial charge in [-0.1, -0.05) is 17.4 Å². The van der Waals surface area contributed by atoms with E-state index in [2.05, 4.69) is 23.2 Å². The Hall–Kier alpha value is -1.82. The Balaban J connectivity index is 1.80. The van der Waals surface area contributed by atoms with Crippen molar-refractivity contribution >= 4 is 32.6 Å². The van der Waals surface area contributed by atoms with E-state index in [1.807, 2.05) is 26.8 Å². The monoisotopic (exact) mass is 347 g/mol. The highest BCUT2D eigenvalue weighted by Gasteiger charge is 2.31. The molecule has 24 heavy (non-hydrogen) atoms. The molecule has 5 nitrogen and oxygen atoms in total. The minimum atomic E-state index is -0.190. The number of carbonyl (C=O) groups is 1. The number of amides is 1. The van der Waals surface area contributed by atoms with Crippen molar-refractivity contribution in [1.82, 2.24) is 10.3 Å². The van der Waals surface area contributed by atoms with Crippen molar-refractivity contribution in [2.75, 3.05) is 25.1 Å². The molecule has 0 saturated carbocycles. The second-order valence-corrected chi connectivity index (χ2v) is 8.41. The smallest absolute Gasteiger partial charge is 0.225 e. The minimum Gasteiger partial charge on any atom is -0.494 e. The molecule has 1 N–H and O–H groups in total. The Kier molecular flexibility index (Phi) is 4.42. The number of carbonyl (C=O) groups excluding carboxylic acids is 1. The first-order valence-electron chi connectivity index (χ1n) is 8.29. The average molecular weight is 347 g/mol. The van der Waals surface area contributed by atoms with Crippen molar-refractivity contribution in [2.24, 2.45) is 5.92 Å². The van der Waals surface area contributed by atoms with Crippen LogP contribution in [-0.4, -0.2) is 36.6 Å². The fourth-order valence-electron chi connectivity index (χ4n) is 3.02. The van der Waals surface area contributed by atoms with Gasteiger partial charge in [-0.05, 0) is 45.7 Å². The SMILES string of the molecule is COc1ccc(C)c2sc(N3CCC(C(=O)NC(C)(C)C)C3)nc12. The molecule has 1 saturated heterocycles. The van der Waals surface area contributed by atoms with Crippen LogP contribution in [0.15, 0.2) is 12.1 Å². The van der Waals surface area contributed by atoms with Crippen LogP contribution in [0.4, 0.5) is 5.13 Å².